The number of benzene rings is 2. The molecule has 0 aliphatic heterocycles. The molecule has 0 fully saturated rings. The number of rotatable bonds is 6. The summed E-state index contributed by atoms with van der Waals surface area (Å²) in [5, 5.41) is 2.77. The van der Waals surface area contributed by atoms with E-state index in [1.165, 1.54) is 12.1 Å². The summed E-state index contributed by atoms with van der Waals surface area (Å²) in [7, 11) is 0. The molecule has 0 aliphatic rings. The summed E-state index contributed by atoms with van der Waals surface area (Å²) in [4.78, 5) is 14.1. The second-order valence-corrected chi connectivity index (χ2v) is 5.76. The Morgan fingerprint density at radius 1 is 1.00 bits per heavy atom. The minimum absolute atomic E-state index is 0.186. The van der Waals surface area contributed by atoms with Crippen LogP contribution in [0.2, 0.25) is 0 Å². The average molecular weight is 350 g/mol. The molecule has 0 radical (unpaired) electrons. The van der Waals surface area contributed by atoms with Crippen molar-refractivity contribution < 1.29 is 18.0 Å². The number of hydrogen-bond donors (Lipinski definition) is 1. The lowest BCUT2D eigenvalue weighted by atomic mass is 10.1. The van der Waals surface area contributed by atoms with Gasteiger partial charge in [-0.25, -0.2) is 4.79 Å². The number of hydrogen-bond acceptors (Lipinski definition) is 1. The number of alkyl halides is 3. The van der Waals surface area contributed by atoms with E-state index in [2.05, 4.69) is 5.32 Å². The van der Waals surface area contributed by atoms with Gasteiger partial charge < -0.3 is 10.2 Å². The van der Waals surface area contributed by atoms with Crippen molar-refractivity contribution in [1.82, 2.24) is 10.2 Å². The third kappa shape index (κ3) is 5.81. The molecule has 3 nitrogen and oxygen atoms in total. The maximum atomic E-state index is 12.6. The molecule has 134 valence electrons. The van der Waals surface area contributed by atoms with Gasteiger partial charge in [-0.3, -0.25) is 0 Å². The molecule has 0 atom stereocenters. The molecule has 2 rings (SSSR count). The topological polar surface area (TPSA) is 32.3 Å². The first-order valence-corrected chi connectivity index (χ1v) is 8.13. The van der Waals surface area contributed by atoms with Crippen LogP contribution in [-0.4, -0.2) is 17.5 Å². The van der Waals surface area contributed by atoms with E-state index in [-0.39, 0.29) is 12.6 Å². The van der Waals surface area contributed by atoms with E-state index < -0.39 is 11.7 Å². The van der Waals surface area contributed by atoms with Gasteiger partial charge in [0.1, 0.15) is 0 Å². The van der Waals surface area contributed by atoms with Gasteiger partial charge >= 0.3 is 12.2 Å². The van der Waals surface area contributed by atoms with Crippen LogP contribution in [0.4, 0.5) is 18.0 Å². The van der Waals surface area contributed by atoms with Crippen LogP contribution in [0.15, 0.2) is 54.6 Å². The summed E-state index contributed by atoms with van der Waals surface area (Å²) >= 11 is 0. The minimum atomic E-state index is -4.35. The number of carbonyl (C=O) groups excluding carboxylic acids is 1. The lowest BCUT2D eigenvalue weighted by molar-refractivity contribution is -0.137. The van der Waals surface area contributed by atoms with Gasteiger partial charge in [-0.15, -0.1) is 0 Å². The standard InChI is InChI=1S/C19H21F3N2O/c1-2-12-24(14-16-6-4-3-5-7-16)18(25)23-13-15-8-10-17(11-9-15)19(20,21)22/h3-11H,2,12-14H2,1H3,(H,23,25). The largest absolute Gasteiger partial charge is 0.416 e. The molecule has 0 heterocycles. The molecule has 2 aromatic carbocycles. The van der Waals surface area contributed by atoms with Crippen LogP contribution in [0.25, 0.3) is 0 Å². The highest BCUT2D eigenvalue weighted by Gasteiger charge is 2.29. The molecule has 2 amide bonds. The molecule has 0 aromatic heterocycles. The number of urea groups is 1. The molecule has 6 heteroatoms. The Bertz CT molecular complexity index is 669. The lowest BCUT2D eigenvalue weighted by Gasteiger charge is -2.23. The molecule has 0 spiro atoms. The third-order valence-electron chi connectivity index (χ3n) is 3.72. The SMILES string of the molecule is CCCN(Cc1ccccc1)C(=O)NCc1ccc(C(F)(F)F)cc1. The summed E-state index contributed by atoms with van der Waals surface area (Å²) in [6.45, 7) is 3.27. The Balaban J connectivity index is 1.94. The maximum Gasteiger partial charge on any atom is 0.416 e. The minimum Gasteiger partial charge on any atom is -0.334 e. The van der Waals surface area contributed by atoms with E-state index in [1.54, 1.807) is 4.90 Å². The highest BCUT2D eigenvalue weighted by molar-refractivity contribution is 5.74. The van der Waals surface area contributed by atoms with Gasteiger partial charge in [0, 0.05) is 19.6 Å². The van der Waals surface area contributed by atoms with Crippen molar-refractivity contribution in [1.29, 1.82) is 0 Å². The molecule has 0 saturated carbocycles. The summed E-state index contributed by atoms with van der Waals surface area (Å²) in [6.07, 6.45) is -3.53. The fraction of sp³-hybridized carbons (Fsp3) is 0.316. The molecule has 2 aromatic rings. The van der Waals surface area contributed by atoms with E-state index in [0.29, 0.717) is 18.7 Å². The van der Waals surface area contributed by atoms with Crippen molar-refractivity contribution >= 4 is 6.03 Å². The number of amides is 2. The van der Waals surface area contributed by atoms with Crippen LogP contribution in [0.1, 0.15) is 30.0 Å². The summed E-state index contributed by atoms with van der Waals surface area (Å²) in [5.74, 6) is 0. The first kappa shape index (κ1) is 18.8. The van der Waals surface area contributed by atoms with Crippen molar-refractivity contribution in [3.05, 3.63) is 71.3 Å². The van der Waals surface area contributed by atoms with Crippen LogP contribution in [0.3, 0.4) is 0 Å². The first-order chi connectivity index (χ1) is 11.9. The number of carbonyl (C=O) groups is 1. The summed E-state index contributed by atoms with van der Waals surface area (Å²) in [5.41, 5.74) is 0.956. The molecule has 1 N–H and O–H groups in total. The lowest BCUT2D eigenvalue weighted by Crippen LogP contribution is -2.39. The first-order valence-electron chi connectivity index (χ1n) is 8.13. The Labute approximate surface area is 145 Å². The molecule has 0 unspecified atom stereocenters. The van der Waals surface area contributed by atoms with Gasteiger partial charge in [-0.1, -0.05) is 49.4 Å². The van der Waals surface area contributed by atoms with Crippen LogP contribution in [-0.2, 0) is 19.3 Å². The monoisotopic (exact) mass is 350 g/mol. The molecule has 0 bridgehead atoms. The zero-order chi connectivity index (χ0) is 18.3. The van der Waals surface area contributed by atoms with Crippen LogP contribution >= 0.6 is 0 Å². The predicted octanol–water partition coefficient (Wildman–Crippen LogP) is 4.83. The van der Waals surface area contributed by atoms with Crippen molar-refractivity contribution in [3.8, 4) is 0 Å². The summed E-state index contributed by atoms with van der Waals surface area (Å²) < 4.78 is 37.7. The van der Waals surface area contributed by atoms with Gasteiger partial charge in [0.2, 0.25) is 0 Å². The quantitative estimate of drug-likeness (QED) is 0.795. The third-order valence-corrected chi connectivity index (χ3v) is 3.72. The predicted molar refractivity (Wildman–Crippen MR) is 90.8 cm³/mol. The smallest absolute Gasteiger partial charge is 0.334 e. The number of halogens is 3. The zero-order valence-electron chi connectivity index (χ0n) is 14.0. The molecule has 0 saturated heterocycles. The number of nitrogens with one attached hydrogen (secondary N) is 1. The molecule has 25 heavy (non-hydrogen) atoms. The van der Waals surface area contributed by atoms with E-state index in [0.717, 1.165) is 24.1 Å². The second-order valence-electron chi connectivity index (χ2n) is 5.76. The van der Waals surface area contributed by atoms with Gasteiger partial charge in [0.25, 0.3) is 0 Å². The van der Waals surface area contributed by atoms with Crippen molar-refractivity contribution in [3.63, 3.8) is 0 Å². The Kier molecular flexibility index (Phi) is 6.44. The second kappa shape index (κ2) is 8.55. The molecular weight excluding hydrogens is 329 g/mol. The van der Waals surface area contributed by atoms with Crippen LogP contribution in [0, 0.1) is 0 Å². The van der Waals surface area contributed by atoms with E-state index in [1.807, 2.05) is 37.3 Å². The van der Waals surface area contributed by atoms with Crippen LogP contribution < -0.4 is 5.32 Å². The van der Waals surface area contributed by atoms with Crippen molar-refractivity contribution in [2.24, 2.45) is 0 Å². The highest BCUT2D eigenvalue weighted by Crippen LogP contribution is 2.29. The fourth-order valence-electron chi connectivity index (χ4n) is 2.43. The van der Waals surface area contributed by atoms with Gasteiger partial charge in [-0.05, 0) is 29.7 Å². The van der Waals surface area contributed by atoms with E-state index >= 15 is 0 Å². The number of nitrogens with zero attached hydrogens (tertiary/aromatic N) is 1. The van der Waals surface area contributed by atoms with E-state index in [9.17, 15) is 18.0 Å². The zero-order valence-corrected chi connectivity index (χ0v) is 14.0. The van der Waals surface area contributed by atoms with E-state index in [4.69, 9.17) is 0 Å². The molecular formula is C19H21F3N2O. The van der Waals surface area contributed by atoms with Gasteiger partial charge in [-0.2, -0.15) is 13.2 Å². The normalized spacial score (nSPS) is 11.2. The Morgan fingerprint density at radius 2 is 1.64 bits per heavy atom. The highest BCUT2D eigenvalue weighted by atomic mass is 19.4. The van der Waals surface area contributed by atoms with Crippen molar-refractivity contribution in [2.75, 3.05) is 6.54 Å². The fourth-order valence-corrected chi connectivity index (χ4v) is 2.43. The maximum absolute atomic E-state index is 12.6. The average Bonchev–Trinajstić information content (AvgIpc) is 2.60. The van der Waals surface area contributed by atoms with Gasteiger partial charge in [0.15, 0.2) is 0 Å². The Hall–Kier alpha value is -2.50. The summed E-state index contributed by atoms with van der Waals surface area (Å²) in [6, 6.07) is 14.2. The Morgan fingerprint density at radius 3 is 2.20 bits per heavy atom. The van der Waals surface area contributed by atoms with Crippen LogP contribution in [0.5, 0.6) is 0 Å². The van der Waals surface area contributed by atoms with Gasteiger partial charge in [0.05, 0.1) is 5.56 Å². The molecule has 0 aliphatic carbocycles. The van der Waals surface area contributed by atoms with Crippen molar-refractivity contribution in [2.45, 2.75) is 32.6 Å².